The van der Waals surface area contributed by atoms with Crippen molar-refractivity contribution in [3.05, 3.63) is 22.7 Å². The number of halogens is 1. The highest BCUT2D eigenvalue weighted by Crippen LogP contribution is 2.42. The summed E-state index contributed by atoms with van der Waals surface area (Å²) in [6, 6.07) is 5.90. The molecule has 1 aromatic carbocycles. The van der Waals surface area contributed by atoms with Crippen molar-refractivity contribution in [3.8, 4) is 0 Å². The Hall–Kier alpha value is -1.03. The molecule has 1 aromatic rings. The van der Waals surface area contributed by atoms with Crippen molar-refractivity contribution in [2.24, 2.45) is 0 Å². The third kappa shape index (κ3) is 1.28. The fourth-order valence-corrected chi connectivity index (χ4v) is 2.53. The van der Waals surface area contributed by atoms with Gasteiger partial charge in [-0.25, -0.2) is 0 Å². The molecule has 0 bridgehead atoms. The van der Waals surface area contributed by atoms with E-state index in [1.165, 1.54) is 0 Å². The van der Waals surface area contributed by atoms with Crippen LogP contribution in [0, 0.1) is 0 Å². The lowest BCUT2D eigenvalue weighted by Crippen LogP contribution is -2.57. The van der Waals surface area contributed by atoms with Crippen LogP contribution < -0.4 is 10.6 Å². The highest BCUT2D eigenvalue weighted by Gasteiger charge is 2.46. The summed E-state index contributed by atoms with van der Waals surface area (Å²) in [7, 11) is 0. The van der Waals surface area contributed by atoms with Gasteiger partial charge in [-0.3, -0.25) is 4.79 Å². The summed E-state index contributed by atoms with van der Waals surface area (Å²) < 4.78 is 0.980. The van der Waals surface area contributed by atoms with E-state index in [1.54, 1.807) is 0 Å². The van der Waals surface area contributed by atoms with Gasteiger partial charge < -0.3 is 10.6 Å². The van der Waals surface area contributed by atoms with Gasteiger partial charge in [0.05, 0.1) is 11.4 Å². The number of anilines is 2. The number of rotatable bonds is 0. The van der Waals surface area contributed by atoms with Crippen LogP contribution in [0.2, 0.25) is 0 Å². The molecule has 78 valence electrons. The molecule has 1 saturated carbocycles. The Kier molecular flexibility index (Phi) is 1.83. The highest BCUT2D eigenvalue weighted by atomic mass is 79.9. The molecule has 2 aliphatic rings. The molecule has 0 radical (unpaired) electrons. The summed E-state index contributed by atoms with van der Waals surface area (Å²) >= 11 is 3.39. The van der Waals surface area contributed by atoms with Crippen molar-refractivity contribution in [1.29, 1.82) is 0 Å². The van der Waals surface area contributed by atoms with Crippen LogP contribution in [0.4, 0.5) is 11.4 Å². The van der Waals surface area contributed by atoms with E-state index in [0.29, 0.717) is 0 Å². The van der Waals surface area contributed by atoms with Crippen LogP contribution in [0.15, 0.2) is 22.7 Å². The molecule has 1 aliphatic carbocycles. The number of benzene rings is 1. The Morgan fingerprint density at radius 3 is 2.73 bits per heavy atom. The normalized spacial score (nSPS) is 21.3. The van der Waals surface area contributed by atoms with E-state index in [2.05, 4.69) is 26.6 Å². The van der Waals surface area contributed by atoms with Crippen LogP contribution in [0.5, 0.6) is 0 Å². The van der Waals surface area contributed by atoms with Gasteiger partial charge in [-0.2, -0.15) is 0 Å². The van der Waals surface area contributed by atoms with Crippen LogP contribution in [-0.4, -0.2) is 11.4 Å². The average Bonchev–Trinajstić information content (AvgIpc) is 2.14. The quantitative estimate of drug-likeness (QED) is 0.758. The molecule has 3 nitrogen and oxygen atoms in total. The minimum absolute atomic E-state index is 0.111. The second kappa shape index (κ2) is 2.98. The smallest absolute Gasteiger partial charge is 0.250 e. The largest absolute Gasteiger partial charge is 0.370 e. The van der Waals surface area contributed by atoms with Gasteiger partial charge in [0.1, 0.15) is 5.54 Å². The molecule has 1 aliphatic heterocycles. The Morgan fingerprint density at radius 1 is 1.27 bits per heavy atom. The van der Waals surface area contributed by atoms with Crippen molar-refractivity contribution in [3.63, 3.8) is 0 Å². The molecule has 0 saturated heterocycles. The minimum Gasteiger partial charge on any atom is -0.370 e. The molecular weight excluding hydrogens is 256 g/mol. The average molecular weight is 267 g/mol. The van der Waals surface area contributed by atoms with Gasteiger partial charge in [0.25, 0.3) is 0 Å². The number of carbonyl (C=O) groups excluding carboxylic acids is 1. The number of nitrogens with one attached hydrogen (secondary N) is 2. The summed E-state index contributed by atoms with van der Waals surface area (Å²) in [6.07, 6.45) is 3.01. The van der Waals surface area contributed by atoms with E-state index < -0.39 is 0 Å². The van der Waals surface area contributed by atoms with E-state index >= 15 is 0 Å². The van der Waals surface area contributed by atoms with Crippen molar-refractivity contribution >= 4 is 33.2 Å². The van der Waals surface area contributed by atoms with Crippen molar-refractivity contribution < 1.29 is 4.79 Å². The molecular formula is C11H11BrN2O. The first-order valence-electron chi connectivity index (χ1n) is 5.09. The second-order valence-electron chi connectivity index (χ2n) is 4.20. The molecule has 3 rings (SSSR count). The minimum atomic E-state index is -0.319. The summed E-state index contributed by atoms with van der Waals surface area (Å²) in [6.45, 7) is 0. The third-order valence-corrected chi connectivity index (χ3v) is 3.74. The SMILES string of the molecule is O=C1Nc2cc(Br)ccc2NC12CCC2. The lowest BCUT2D eigenvalue weighted by Gasteiger charge is -2.44. The second-order valence-corrected chi connectivity index (χ2v) is 5.12. The summed E-state index contributed by atoms with van der Waals surface area (Å²) in [5, 5.41) is 6.32. The Bertz CT molecular complexity index is 440. The van der Waals surface area contributed by atoms with Gasteiger partial charge in [-0.1, -0.05) is 15.9 Å². The number of hydrogen-bond donors (Lipinski definition) is 2. The molecule has 1 fully saturated rings. The van der Waals surface area contributed by atoms with E-state index in [1.807, 2.05) is 18.2 Å². The molecule has 15 heavy (non-hydrogen) atoms. The van der Waals surface area contributed by atoms with E-state index in [9.17, 15) is 4.79 Å². The molecule has 0 unspecified atom stereocenters. The van der Waals surface area contributed by atoms with Gasteiger partial charge in [0, 0.05) is 4.47 Å². The van der Waals surface area contributed by atoms with Crippen LogP contribution in [-0.2, 0) is 4.79 Å². The van der Waals surface area contributed by atoms with Crippen LogP contribution in [0.1, 0.15) is 19.3 Å². The zero-order valence-corrected chi connectivity index (χ0v) is 9.73. The maximum absolute atomic E-state index is 11.9. The van der Waals surface area contributed by atoms with Crippen LogP contribution in [0.3, 0.4) is 0 Å². The predicted octanol–water partition coefficient (Wildman–Crippen LogP) is 2.74. The standard InChI is InChI=1S/C11H11BrN2O/c12-7-2-3-8-9(6-7)13-10(15)11(14-8)4-1-5-11/h2-3,6,14H,1,4-5H2,(H,13,15). The van der Waals surface area contributed by atoms with Crippen LogP contribution >= 0.6 is 15.9 Å². The monoisotopic (exact) mass is 266 g/mol. The maximum atomic E-state index is 11.9. The molecule has 1 amide bonds. The highest BCUT2D eigenvalue weighted by molar-refractivity contribution is 9.10. The first-order chi connectivity index (χ1) is 7.20. The molecule has 2 N–H and O–H groups in total. The Morgan fingerprint density at radius 2 is 2.07 bits per heavy atom. The maximum Gasteiger partial charge on any atom is 0.250 e. The molecule has 1 heterocycles. The number of fused-ring (bicyclic) bond motifs is 1. The topological polar surface area (TPSA) is 41.1 Å². The van der Waals surface area contributed by atoms with Crippen molar-refractivity contribution in [2.45, 2.75) is 24.8 Å². The van der Waals surface area contributed by atoms with Gasteiger partial charge in [-0.15, -0.1) is 0 Å². The third-order valence-electron chi connectivity index (χ3n) is 3.25. The Balaban J connectivity index is 2.02. The van der Waals surface area contributed by atoms with Crippen molar-refractivity contribution in [2.75, 3.05) is 10.6 Å². The van der Waals surface area contributed by atoms with E-state index in [4.69, 9.17) is 0 Å². The van der Waals surface area contributed by atoms with Gasteiger partial charge in [0.2, 0.25) is 5.91 Å². The van der Waals surface area contributed by atoms with Crippen LogP contribution in [0.25, 0.3) is 0 Å². The molecule has 0 aromatic heterocycles. The first kappa shape index (κ1) is 9.21. The predicted molar refractivity (Wildman–Crippen MR) is 63.0 cm³/mol. The van der Waals surface area contributed by atoms with Crippen molar-refractivity contribution in [1.82, 2.24) is 0 Å². The van der Waals surface area contributed by atoms with Gasteiger partial charge in [0.15, 0.2) is 0 Å². The van der Waals surface area contributed by atoms with Gasteiger partial charge in [-0.05, 0) is 37.5 Å². The molecule has 1 spiro atoms. The summed E-state index contributed by atoms with van der Waals surface area (Å²) in [5.41, 5.74) is 1.57. The number of carbonyl (C=O) groups is 1. The lowest BCUT2D eigenvalue weighted by atomic mass is 9.74. The zero-order chi connectivity index (χ0) is 10.5. The molecule has 4 heteroatoms. The number of amides is 1. The fourth-order valence-electron chi connectivity index (χ4n) is 2.17. The summed E-state index contributed by atoms with van der Waals surface area (Å²) in [5.74, 6) is 0.111. The Labute approximate surface area is 96.4 Å². The van der Waals surface area contributed by atoms with E-state index in [0.717, 1.165) is 35.1 Å². The first-order valence-corrected chi connectivity index (χ1v) is 5.88. The van der Waals surface area contributed by atoms with E-state index in [-0.39, 0.29) is 11.4 Å². The number of hydrogen-bond acceptors (Lipinski definition) is 2. The fraction of sp³-hybridized carbons (Fsp3) is 0.364. The lowest BCUT2D eigenvalue weighted by molar-refractivity contribution is -0.123. The van der Waals surface area contributed by atoms with Gasteiger partial charge >= 0.3 is 0 Å². The summed E-state index contributed by atoms with van der Waals surface area (Å²) in [4.78, 5) is 11.9. The zero-order valence-electron chi connectivity index (χ0n) is 8.14. The molecule has 0 atom stereocenters.